The summed E-state index contributed by atoms with van der Waals surface area (Å²) in [5, 5.41) is 2.83. The Morgan fingerprint density at radius 1 is 0.926 bits per heavy atom. The maximum Gasteiger partial charge on any atom is 0.224 e. The minimum Gasteiger partial charge on any atom is -0.493 e. The molecule has 0 saturated heterocycles. The minimum absolute atomic E-state index is 0.119. The highest BCUT2D eigenvalue weighted by Gasteiger charge is 2.14. The van der Waals surface area contributed by atoms with Crippen molar-refractivity contribution in [2.24, 2.45) is 5.73 Å². The van der Waals surface area contributed by atoms with E-state index in [1.54, 1.807) is 45.6 Å². The summed E-state index contributed by atoms with van der Waals surface area (Å²) in [5.41, 5.74) is 7.53. The molecule has 0 saturated carbocycles. The van der Waals surface area contributed by atoms with Crippen molar-refractivity contribution in [2.45, 2.75) is 19.3 Å². The van der Waals surface area contributed by atoms with Crippen molar-refractivity contribution in [1.82, 2.24) is 0 Å². The predicted molar refractivity (Wildman–Crippen MR) is 102 cm³/mol. The Bertz CT molecular complexity index is 778. The largest absolute Gasteiger partial charge is 0.493 e. The summed E-state index contributed by atoms with van der Waals surface area (Å²) in [6, 6.07) is 10.7. The smallest absolute Gasteiger partial charge is 0.224 e. The minimum atomic E-state index is -0.392. The van der Waals surface area contributed by atoms with Crippen LogP contribution < -0.4 is 25.3 Å². The number of hydrogen-bond acceptors (Lipinski definition) is 5. The van der Waals surface area contributed by atoms with Crippen LogP contribution in [0.3, 0.4) is 0 Å². The standard InChI is InChI=1S/C20H24N2O5/c1-25-16-10-14(11-17(26-2)20(16)27-3)6-9-19(24)22-15-7-4-13(5-8-15)12-18(21)23/h4-5,7-8,10-11H,6,9,12H2,1-3H3,(H2,21,23)(H,22,24). The number of nitrogens with two attached hydrogens (primary N) is 1. The highest BCUT2D eigenvalue weighted by Crippen LogP contribution is 2.38. The summed E-state index contributed by atoms with van der Waals surface area (Å²) in [5.74, 6) is 1.11. The summed E-state index contributed by atoms with van der Waals surface area (Å²) in [7, 11) is 4.65. The maximum atomic E-state index is 12.2. The average Bonchev–Trinajstić information content (AvgIpc) is 2.66. The summed E-state index contributed by atoms with van der Waals surface area (Å²) in [6.07, 6.45) is 0.985. The Morgan fingerprint density at radius 2 is 1.52 bits per heavy atom. The molecule has 0 radical (unpaired) electrons. The molecule has 0 aliphatic heterocycles. The zero-order valence-corrected chi connectivity index (χ0v) is 15.7. The number of carbonyl (C=O) groups is 2. The Labute approximate surface area is 158 Å². The van der Waals surface area contributed by atoms with Gasteiger partial charge in [-0.15, -0.1) is 0 Å². The van der Waals surface area contributed by atoms with E-state index >= 15 is 0 Å². The van der Waals surface area contributed by atoms with E-state index in [1.165, 1.54) is 0 Å². The van der Waals surface area contributed by atoms with Crippen LogP contribution in [-0.2, 0) is 22.4 Å². The van der Waals surface area contributed by atoms with Gasteiger partial charge in [0.05, 0.1) is 27.8 Å². The first-order valence-corrected chi connectivity index (χ1v) is 8.42. The monoisotopic (exact) mass is 372 g/mol. The molecule has 0 aromatic heterocycles. The number of methoxy groups -OCH3 is 3. The van der Waals surface area contributed by atoms with Crippen molar-refractivity contribution >= 4 is 17.5 Å². The van der Waals surface area contributed by atoms with Crippen molar-refractivity contribution in [1.29, 1.82) is 0 Å². The van der Waals surface area contributed by atoms with E-state index in [-0.39, 0.29) is 12.3 Å². The fourth-order valence-electron chi connectivity index (χ4n) is 2.67. The van der Waals surface area contributed by atoms with E-state index in [1.807, 2.05) is 12.1 Å². The van der Waals surface area contributed by atoms with Crippen molar-refractivity contribution in [3.05, 3.63) is 47.5 Å². The maximum absolute atomic E-state index is 12.2. The van der Waals surface area contributed by atoms with Crippen molar-refractivity contribution in [2.75, 3.05) is 26.6 Å². The van der Waals surface area contributed by atoms with E-state index in [4.69, 9.17) is 19.9 Å². The first kappa shape index (κ1) is 20.1. The zero-order chi connectivity index (χ0) is 19.8. The molecule has 27 heavy (non-hydrogen) atoms. The summed E-state index contributed by atoms with van der Waals surface area (Å²) >= 11 is 0. The van der Waals surface area contributed by atoms with Gasteiger partial charge in [0.2, 0.25) is 17.6 Å². The molecular formula is C20H24N2O5. The van der Waals surface area contributed by atoms with Gasteiger partial charge in [0, 0.05) is 12.1 Å². The van der Waals surface area contributed by atoms with E-state index in [0.717, 1.165) is 11.1 Å². The molecule has 0 aliphatic carbocycles. The molecule has 2 rings (SSSR count). The van der Waals surface area contributed by atoms with E-state index in [0.29, 0.717) is 35.8 Å². The first-order chi connectivity index (χ1) is 13.0. The number of primary amides is 1. The number of aryl methyl sites for hydroxylation is 1. The quantitative estimate of drug-likeness (QED) is 0.704. The molecule has 2 aromatic rings. The number of nitrogens with one attached hydrogen (secondary N) is 1. The Morgan fingerprint density at radius 3 is 2.00 bits per heavy atom. The van der Waals surface area contributed by atoms with Gasteiger partial charge in [0.1, 0.15) is 0 Å². The van der Waals surface area contributed by atoms with Gasteiger partial charge in [-0.25, -0.2) is 0 Å². The summed E-state index contributed by atoms with van der Waals surface area (Å²) in [6.45, 7) is 0. The van der Waals surface area contributed by atoms with Crippen LogP contribution in [0, 0.1) is 0 Å². The van der Waals surface area contributed by atoms with Crippen LogP contribution in [0.2, 0.25) is 0 Å². The molecule has 0 atom stereocenters. The van der Waals surface area contributed by atoms with E-state index < -0.39 is 5.91 Å². The normalized spacial score (nSPS) is 10.2. The molecule has 0 bridgehead atoms. The van der Waals surface area contributed by atoms with E-state index in [2.05, 4.69) is 5.32 Å². The van der Waals surface area contributed by atoms with Crippen LogP contribution in [0.15, 0.2) is 36.4 Å². The Hall–Kier alpha value is -3.22. The lowest BCUT2D eigenvalue weighted by Crippen LogP contribution is -2.14. The zero-order valence-electron chi connectivity index (χ0n) is 15.7. The molecule has 0 fully saturated rings. The molecule has 7 heteroatoms. The van der Waals surface area contributed by atoms with Crippen LogP contribution in [0.25, 0.3) is 0 Å². The molecule has 0 heterocycles. The molecule has 0 unspecified atom stereocenters. The molecule has 0 aliphatic rings. The third-order valence-corrected chi connectivity index (χ3v) is 3.98. The van der Waals surface area contributed by atoms with Gasteiger partial charge in [0.15, 0.2) is 11.5 Å². The molecule has 144 valence electrons. The molecular weight excluding hydrogens is 348 g/mol. The van der Waals surface area contributed by atoms with Gasteiger partial charge in [-0.2, -0.15) is 0 Å². The van der Waals surface area contributed by atoms with Gasteiger partial charge >= 0.3 is 0 Å². The molecule has 7 nitrogen and oxygen atoms in total. The molecule has 3 N–H and O–H groups in total. The fourth-order valence-corrected chi connectivity index (χ4v) is 2.67. The van der Waals surface area contributed by atoms with Crippen molar-refractivity contribution in [3.63, 3.8) is 0 Å². The SMILES string of the molecule is COc1cc(CCC(=O)Nc2ccc(CC(N)=O)cc2)cc(OC)c1OC. The number of benzene rings is 2. The second-order valence-corrected chi connectivity index (χ2v) is 5.92. The van der Waals surface area contributed by atoms with Crippen LogP contribution in [-0.4, -0.2) is 33.1 Å². The van der Waals surface area contributed by atoms with Crippen LogP contribution in [0.5, 0.6) is 17.2 Å². The topological polar surface area (TPSA) is 99.9 Å². The first-order valence-electron chi connectivity index (χ1n) is 8.42. The fraction of sp³-hybridized carbons (Fsp3) is 0.300. The second-order valence-electron chi connectivity index (χ2n) is 5.92. The number of rotatable bonds is 9. The Kier molecular flexibility index (Phi) is 7.05. The summed E-state index contributed by atoms with van der Waals surface area (Å²) in [4.78, 5) is 23.1. The number of hydrogen-bond donors (Lipinski definition) is 2. The second kappa shape index (κ2) is 9.47. The lowest BCUT2D eigenvalue weighted by molar-refractivity contribution is -0.117. The summed E-state index contributed by atoms with van der Waals surface area (Å²) < 4.78 is 15.9. The van der Waals surface area contributed by atoms with Crippen LogP contribution >= 0.6 is 0 Å². The highest BCUT2D eigenvalue weighted by molar-refractivity contribution is 5.91. The van der Waals surface area contributed by atoms with Crippen molar-refractivity contribution in [3.8, 4) is 17.2 Å². The van der Waals surface area contributed by atoms with Gasteiger partial charge < -0.3 is 25.3 Å². The number of ether oxygens (including phenoxy) is 3. The van der Waals surface area contributed by atoms with E-state index in [9.17, 15) is 9.59 Å². The van der Waals surface area contributed by atoms with Gasteiger partial charge in [-0.1, -0.05) is 12.1 Å². The lowest BCUT2D eigenvalue weighted by atomic mass is 10.1. The molecule has 2 aromatic carbocycles. The van der Waals surface area contributed by atoms with Crippen LogP contribution in [0.1, 0.15) is 17.5 Å². The molecule has 0 spiro atoms. The third kappa shape index (κ3) is 5.64. The third-order valence-electron chi connectivity index (χ3n) is 3.98. The number of carbonyl (C=O) groups excluding carboxylic acids is 2. The number of amides is 2. The van der Waals surface area contributed by atoms with Gasteiger partial charge in [-0.3, -0.25) is 9.59 Å². The lowest BCUT2D eigenvalue weighted by Gasteiger charge is -2.14. The van der Waals surface area contributed by atoms with Crippen molar-refractivity contribution < 1.29 is 23.8 Å². The highest BCUT2D eigenvalue weighted by atomic mass is 16.5. The van der Waals surface area contributed by atoms with Crippen LogP contribution in [0.4, 0.5) is 5.69 Å². The number of anilines is 1. The molecule has 2 amide bonds. The average molecular weight is 372 g/mol. The van der Waals surface area contributed by atoms with Gasteiger partial charge in [-0.05, 0) is 41.8 Å². The Balaban J connectivity index is 1.98. The predicted octanol–water partition coefficient (Wildman–Crippen LogP) is 2.31. The van der Waals surface area contributed by atoms with Gasteiger partial charge in [0.25, 0.3) is 0 Å².